The summed E-state index contributed by atoms with van der Waals surface area (Å²) in [6.07, 6.45) is 1.36. The zero-order valence-corrected chi connectivity index (χ0v) is 7.80. The van der Waals surface area contributed by atoms with Crippen molar-refractivity contribution >= 4 is 17.3 Å². The Hall–Kier alpha value is -0.190. The summed E-state index contributed by atoms with van der Waals surface area (Å²) in [5, 5.41) is 0.569. The van der Waals surface area contributed by atoms with Gasteiger partial charge in [-0.2, -0.15) is 0 Å². The summed E-state index contributed by atoms with van der Waals surface area (Å²) in [4.78, 5) is 0. The predicted octanol–water partition coefficient (Wildman–Crippen LogP) is 0.907. The molecule has 0 radical (unpaired) electrons. The van der Waals surface area contributed by atoms with Gasteiger partial charge in [0.05, 0.1) is 12.7 Å². The summed E-state index contributed by atoms with van der Waals surface area (Å²) in [5.41, 5.74) is 0. The van der Waals surface area contributed by atoms with Gasteiger partial charge in [0.15, 0.2) is 11.2 Å². The van der Waals surface area contributed by atoms with Crippen molar-refractivity contribution in [1.82, 2.24) is 0 Å². The Bertz CT molecular complexity index is 195. The lowest BCUT2D eigenvalue weighted by atomic mass is 10.1. The van der Waals surface area contributed by atoms with Gasteiger partial charge >= 0.3 is 0 Å². The van der Waals surface area contributed by atoms with Crippen molar-refractivity contribution in [3.8, 4) is 0 Å². The van der Waals surface area contributed by atoms with Crippen LogP contribution in [0.5, 0.6) is 0 Å². The number of rotatable bonds is 1. The molecule has 2 saturated heterocycles. The lowest BCUT2D eigenvalue weighted by molar-refractivity contribution is 0.0266. The first-order chi connectivity index (χ1) is 5.77. The van der Waals surface area contributed by atoms with E-state index >= 15 is 0 Å². The van der Waals surface area contributed by atoms with Gasteiger partial charge in [-0.05, 0) is 18.6 Å². The minimum absolute atomic E-state index is 0.0231. The van der Waals surface area contributed by atoms with Crippen LogP contribution in [-0.4, -0.2) is 36.6 Å². The topological polar surface area (TPSA) is 27.7 Å². The lowest BCUT2D eigenvalue weighted by Gasteiger charge is -2.16. The van der Waals surface area contributed by atoms with E-state index in [4.69, 9.17) is 26.4 Å². The van der Waals surface area contributed by atoms with E-state index in [1.165, 1.54) is 0 Å². The van der Waals surface area contributed by atoms with Gasteiger partial charge in [0.25, 0.3) is 0 Å². The molecule has 12 heavy (non-hydrogen) atoms. The van der Waals surface area contributed by atoms with Crippen molar-refractivity contribution < 1.29 is 14.2 Å². The highest BCUT2D eigenvalue weighted by Crippen LogP contribution is 2.28. The lowest BCUT2D eigenvalue weighted by Crippen LogP contribution is -2.30. The summed E-state index contributed by atoms with van der Waals surface area (Å²) in [6, 6.07) is 0. The second-order valence-corrected chi connectivity index (χ2v) is 3.72. The molecule has 0 aromatic carbocycles. The van der Waals surface area contributed by atoms with Crippen LogP contribution >= 0.6 is 12.2 Å². The van der Waals surface area contributed by atoms with E-state index in [1.807, 2.05) is 0 Å². The van der Waals surface area contributed by atoms with Gasteiger partial charge < -0.3 is 14.2 Å². The second-order valence-electron chi connectivity index (χ2n) is 3.14. The normalized spacial score (nSPS) is 39.6. The van der Waals surface area contributed by atoms with Crippen LogP contribution in [0.15, 0.2) is 0 Å². The number of hydrogen-bond donors (Lipinski definition) is 0. The summed E-state index contributed by atoms with van der Waals surface area (Å²) in [7, 11) is 0. The second kappa shape index (κ2) is 3.28. The molecule has 68 valence electrons. The zero-order valence-electron chi connectivity index (χ0n) is 6.99. The van der Waals surface area contributed by atoms with Crippen LogP contribution in [0.25, 0.3) is 0 Å². The molecule has 2 fully saturated rings. The summed E-state index contributed by atoms with van der Waals surface area (Å²) < 4.78 is 16.4. The van der Waals surface area contributed by atoms with Crippen molar-refractivity contribution in [3.05, 3.63) is 0 Å². The fourth-order valence-corrected chi connectivity index (χ4v) is 1.87. The van der Waals surface area contributed by atoms with Gasteiger partial charge in [0.2, 0.25) is 0 Å². The van der Waals surface area contributed by atoms with Gasteiger partial charge in [0.1, 0.15) is 6.10 Å². The Morgan fingerprint density at radius 1 is 1.50 bits per heavy atom. The molecule has 2 rings (SSSR count). The summed E-state index contributed by atoms with van der Waals surface area (Å²) >= 11 is 4.86. The Morgan fingerprint density at radius 2 is 2.33 bits per heavy atom. The maximum Gasteiger partial charge on any atom is 0.157 e. The molecule has 3 nitrogen and oxygen atoms in total. The van der Waals surface area contributed by atoms with Gasteiger partial charge in [-0.25, -0.2) is 0 Å². The Morgan fingerprint density at radius 3 is 3.08 bits per heavy atom. The quantitative estimate of drug-likeness (QED) is 0.572. The predicted molar refractivity (Wildman–Crippen MR) is 47.2 cm³/mol. The van der Waals surface area contributed by atoms with Crippen molar-refractivity contribution in [1.29, 1.82) is 0 Å². The molecule has 2 aliphatic heterocycles. The SMILES string of the molecule is CC(=S)OC1COC2CCOC21. The van der Waals surface area contributed by atoms with Crippen molar-refractivity contribution in [3.63, 3.8) is 0 Å². The molecule has 0 aromatic rings. The van der Waals surface area contributed by atoms with Crippen LogP contribution in [0.2, 0.25) is 0 Å². The largest absolute Gasteiger partial charge is 0.479 e. The first-order valence-corrected chi connectivity index (χ1v) is 4.58. The monoisotopic (exact) mass is 188 g/mol. The van der Waals surface area contributed by atoms with Crippen molar-refractivity contribution in [2.75, 3.05) is 13.2 Å². The average Bonchev–Trinajstić information content (AvgIpc) is 2.52. The average molecular weight is 188 g/mol. The van der Waals surface area contributed by atoms with Crippen LogP contribution in [0.3, 0.4) is 0 Å². The molecule has 2 aliphatic rings. The van der Waals surface area contributed by atoms with E-state index < -0.39 is 0 Å². The first kappa shape index (κ1) is 8.41. The summed E-state index contributed by atoms with van der Waals surface area (Å²) in [6.45, 7) is 3.17. The Kier molecular flexibility index (Phi) is 2.30. The molecule has 0 N–H and O–H groups in total. The molecular weight excluding hydrogens is 176 g/mol. The maximum absolute atomic E-state index is 5.48. The number of fused-ring (bicyclic) bond motifs is 1. The van der Waals surface area contributed by atoms with Crippen molar-refractivity contribution in [2.45, 2.75) is 31.7 Å². The third-order valence-corrected chi connectivity index (χ3v) is 2.33. The van der Waals surface area contributed by atoms with Crippen LogP contribution in [0, 0.1) is 0 Å². The zero-order chi connectivity index (χ0) is 8.55. The molecule has 4 heteroatoms. The van der Waals surface area contributed by atoms with E-state index in [1.54, 1.807) is 6.92 Å². The Labute approximate surface area is 77.0 Å². The molecular formula is C8H12O3S. The molecule has 2 heterocycles. The molecule has 3 unspecified atom stereocenters. The van der Waals surface area contributed by atoms with Crippen molar-refractivity contribution in [2.24, 2.45) is 0 Å². The number of thiocarbonyl (C=S) groups is 1. The maximum atomic E-state index is 5.48. The molecule has 0 spiro atoms. The molecule has 0 aliphatic carbocycles. The van der Waals surface area contributed by atoms with Gasteiger partial charge in [-0.15, -0.1) is 0 Å². The standard InChI is InChI=1S/C8H12O3S/c1-5(12)11-7-4-10-6-2-3-9-8(6)7/h6-8H,2-4H2,1H3. The molecule has 0 aromatic heterocycles. The third kappa shape index (κ3) is 1.46. The van der Waals surface area contributed by atoms with E-state index in [-0.39, 0.29) is 18.3 Å². The smallest absolute Gasteiger partial charge is 0.157 e. The molecule has 0 saturated carbocycles. The van der Waals surface area contributed by atoms with E-state index in [9.17, 15) is 0 Å². The fourth-order valence-electron chi connectivity index (χ4n) is 1.74. The fraction of sp³-hybridized carbons (Fsp3) is 0.875. The minimum Gasteiger partial charge on any atom is -0.479 e. The number of hydrogen-bond acceptors (Lipinski definition) is 4. The molecule has 3 atom stereocenters. The molecule has 0 bridgehead atoms. The Balaban J connectivity index is 1.95. The van der Waals surface area contributed by atoms with Crippen LogP contribution in [0.4, 0.5) is 0 Å². The van der Waals surface area contributed by atoms with Crippen LogP contribution < -0.4 is 0 Å². The van der Waals surface area contributed by atoms with E-state index in [0.29, 0.717) is 11.7 Å². The van der Waals surface area contributed by atoms with Gasteiger partial charge in [0, 0.05) is 13.5 Å². The highest BCUT2D eigenvalue weighted by molar-refractivity contribution is 7.80. The highest BCUT2D eigenvalue weighted by atomic mass is 32.1. The van der Waals surface area contributed by atoms with Crippen LogP contribution in [-0.2, 0) is 14.2 Å². The summed E-state index contributed by atoms with van der Waals surface area (Å²) in [5.74, 6) is 0. The van der Waals surface area contributed by atoms with E-state index in [2.05, 4.69) is 0 Å². The number of ether oxygens (including phenoxy) is 3. The minimum atomic E-state index is 0.0231. The first-order valence-electron chi connectivity index (χ1n) is 4.18. The van der Waals surface area contributed by atoms with E-state index in [0.717, 1.165) is 13.0 Å². The third-order valence-electron chi connectivity index (χ3n) is 2.24. The highest BCUT2D eigenvalue weighted by Gasteiger charge is 2.43. The van der Waals surface area contributed by atoms with Gasteiger partial charge in [-0.3, -0.25) is 0 Å². The van der Waals surface area contributed by atoms with Gasteiger partial charge in [-0.1, -0.05) is 0 Å². The molecule has 0 amide bonds. The van der Waals surface area contributed by atoms with Crippen LogP contribution in [0.1, 0.15) is 13.3 Å².